The third-order valence-corrected chi connectivity index (χ3v) is 14.4. The Morgan fingerprint density at radius 1 is 1.03 bits per heavy atom. The van der Waals surface area contributed by atoms with E-state index in [0.717, 1.165) is 100 Å². The highest BCUT2D eigenvalue weighted by Gasteiger charge is 2.52. The number of carbonyl (C=O) groups excluding carboxylic acids is 1. The molecule has 13 nitrogen and oxygen atoms in total. The lowest BCUT2D eigenvalue weighted by Crippen LogP contribution is -2.38. The van der Waals surface area contributed by atoms with E-state index in [1.54, 1.807) is 12.1 Å². The summed E-state index contributed by atoms with van der Waals surface area (Å²) in [7, 11) is 3.72. The number of phenolic OH excluding ortho intramolecular Hbond substituents is 2. The molecular formula is C54H63N5O8. The van der Waals surface area contributed by atoms with Gasteiger partial charge in [-0.3, -0.25) is 4.79 Å². The quantitative estimate of drug-likeness (QED) is 0.0363. The molecule has 1 saturated carbocycles. The molecule has 3 aliphatic heterocycles. The van der Waals surface area contributed by atoms with E-state index in [4.69, 9.17) is 24.7 Å². The highest BCUT2D eigenvalue weighted by molar-refractivity contribution is 5.84. The third kappa shape index (κ3) is 9.03. The van der Waals surface area contributed by atoms with E-state index in [0.29, 0.717) is 31.0 Å². The van der Waals surface area contributed by atoms with Gasteiger partial charge in [-0.25, -0.2) is 0 Å². The van der Waals surface area contributed by atoms with Gasteiger partial charge in [-0.2, -0.15) is 0 Å². The van der Waals surface area contributed by atoms with E-state index in [2.05, 4.69) is 82.5 Å². The highest BCUT2D eigenvalue weighted by Crippen LogP contribution is 2.63. The van der Waals surface area contributed by atoms with Gasteiger partial charge in [0.25, 0.3) is 0 Å². The number of nitrogens with two attached hydrogens (primary N) is 1. The predicted octanol–water partition coefficient (Wildman–Crippen LogP) is 6.59. The number of ether oxygens (including phenoxy) is 4. The van der Waals surface area contributed by atoms with Crippen LogP contribution in [-0.4, -0.2) is 80.7 Å². The molecule has 4 bridgehead atoms. The van der Waals surface area contributed by atoms with Gasteiger partial charge >= 0.3 is 5.97 Å². The van der Waals surface area contributed by atoms with Crippen LogP contribution in [0, 0.1) is 23.7 Å². The summed E-state index contributed by atoms with van der Waals surface area (Å²) in [5.41, 5.74) is 16.6. The lowest BCUT2D eigenvalue weighted by molar-refractivity contribution is -0.141. The van der Waals surface area contributed by atoms with Gasteiger partial charge in [-0.05, 0) is 135 Å². The molecule has 9 rings (SSSR count). The summed E-state index contributed by atoms with van der Waals surface area (Å²) in [6, 6.07) is 19.7. The summed E-state index contributed by atoms with van der Waals surface area (Å²) in [6.45, 7) is 4.90. The Bertz CT molecular complexity index is 2650. The number of fused-ring (bicyclic) bond motifs is 6. The second-order valence-electron chi connectivity index (χ2n) is 18.6. The molecule has 6 unspecified atom stereocenters. The standard InChI is InChI=1S/C54H63N5O8/c1-5-58-44-11-7-6-9-32(44)13-14-38-34-19-20-54(25-34)26-35-21-36(62)23-48(65-30-60)50(35)41-16-15-40-43(29-64-31(2)61)52(67-53(40)51(41)54)42-24-47(66-37(27-56-3)28-57-4)46(63)22-33(42)10-8-12-45-39(38)17-18-49(55)59-45/h6-7,9,11,15-18,21-24,34,37-38,43,49,52,56-60,62-63H,5,10,13-14,19-20,25-30,55H2,1-4H3. The molecule has 4 aromatic carbocycles. The Morgan fingerprint density at radius 2 is 1.85 bits per heavy atom. The van der Waals surface area contributed by atoms with Crippen LogP contribution in [0.15, 0.2) is 84.1 Å². The lowest BCUT2D eigenvalue weighted by Gasteiger charge is -2.40. The number of aryl methyl sites for hydroxylation is 1. The van der Waals surface area contributed by atoms with Crippen molar-refractivity contribution in [2.24, 2.45) is 17.6 Å². The molecule has 5 aliphatic rings. The van der Waals surface area contributed by atoms with Gasteiger partial charge in [0.2, 0.25) is 0 Å². The molecule has 3 heterocycles. The van der Waals surface area contributed by atoms with Crippen LogP contribution in [0.2, 0.25) is 0 Å². The number of para-hydroxylation sites is 1. The number of likely N-dealkylation sites (N-methyl/N-ethyl adjacent to an activating group) is 2. The van der Waals surface area contributed by atoms with Crippen LogP contribution in [0.3, 0.4) is 0 Å². The van der Waals surface area contributed by atoms with Gasteiger partial charge in [0.15, 0.2) is 18.3 Å². The van der Waals surface area contributed by atoms with Crippen molar-refractivity contribution in [3.63, 3.8) is 0 Å². The fourth-order valence-electron chi connectivity index (χ4n) is 11.6. The van der Waals surface area contributed by atoms with E-state index >= 15 is 0 Å². The first-order chi connectivity index (χ1) is 32.5. The number of anilines is 1. The van der Waals surface area contributed by atoms with Gasteiger partial charge in [0.05, 0.1) is 17.8 Å². The van der Waals surface area contributed by atoms with Gasteiger partial charge in [-0.1, -0.05) is 42.3 Å². The number of aliphatic hydroxyl groups excluding tert-OH is 1. The zero-order chi connectivity index (χ0) is 46.8. The van der Waals surface area contributed by atoms with Gasteiger partial charge in [0.1, 0.15) is 36.1 Å². The number of aromatic hydroxyl groups is 2. The number of nitrogens with one attached hydrogen (secondary N) is 4. The largest absolute Gasteiger partial charge is 0.508 e. The van der Waals surface area contributed by atoms with E-state index in [9.17, 15) is 20.1 Å². The molecule has 1 fully saturated rings. The van der Waals surface area contributed by atoms with Crippen LogP contribution in [0.1, 0.15) is 84.9 Å². The van der Waals surface area contributed by atoms with Crippen molar-refractivity contribution in [2.45, 2.75) is 88.5 Å². The number of hydrogen-bond acceptors (Lipinski definition) is 13. The minimum Gasteiger partial charge on any atom is -0.508 e. The number of allylic oxidation sites excluding steroid dienone is 3. The predicted molar refractivity (Wildman–Crippen MR) is 258 cm³/mol. The van der Waals surface area contributed by atoms with Gasteiger partial charge in [-0.15, -0.1) is 0 Å². The van der Waals surface area contributed by atoms with Crippen molar-refractivity contribution in [1.29, 1.82) is 0 Å². The number of aliphatic hydroxyl groups is 1. The molecule has 9 N–H and O–H groups in total. The third-order valence-electron chi connectivity index (χ3n) is 14.4. The maximum atomic E-state index is 12.6. The maximum absolute atomic E-state index is 12.6. The monoisotopic (exact) mass is 909 g/mol. The number of hydrogen-bond donors (Lipinski definition) is 8. The fraction of sp³-hybridized carbons (Fsp3) is 0.426. The van der Waals surface area contributed by atoms with Gasteiger partial charge < -0.3 is 61.3 Å². The Kier molecular flexibility index (Phi) is 13.4. The summed E-state index contributed by atoms with van der Waals surface area (Å²) < 4.78 is 25.7. The van der Waals surface area contributed by atoms with E-state index in [-0.39, 0.29) is 42.5 Å². The lowest BCUT2D eigenvalue weighted by atomic mass is 9.64. The zero-order valence-electron chi connectivity index (χ0n) is 38.8. The summed E-state index contributed by atoms with van der Waals surface area (Å²) in [5, 5.41) is 46.4. The number of dihydropyridines is 1. The maximum Gasteiger partial charge on any atom is 0.302 e. The number of esters is 1. The van der Waals surface area contributed by atoms with Crippen molar-refractivity contribution >= 4 is 11.7 Å². The van der Waals surface area contributed by atoms with Crippen LogP contribution in [0.5, 0.6) is 28.7 Å². The summed E-state index contributed by atoms with van der Waals surface area (Å²) in [4.78, 5) is 12.6. The molecule has 0 aromatic heterocycles. The first-order valence-corrected chi connectivity index (χ1v) is 23.7. The first kappa shape index (κ1) is 46.0. The van der Waals surface area contributed by atoms with Crippen molar-refractivity contribution in [3.05, 3.63) is 117 Å². The molecular weight excluding hydrogens is 847 g/mol. The average molecular weight is 910 g/mol. The van der Waals surface area contributed by atoms with Crippen LogP contribution in [0.4, 0.5) is 5.69 Å². The minimum atomic E-state index is -0.662. The van der Waals surface area contributed by atoms with Gasteiger partial charge in [0, 0.05) is 72.4 Å². The molecule has 2 aliphatic carbocycles. The summed E-state index contributed by atoms with van der Waals surface area (Å²) in [6.07, 6.45) is 7.95. The van der Waals surface area contributed by atoms with E-state index in [1.807, 2.05) is 32.3 Å². The molecule has 67 heavy (non-hydrogen) atoms. The molecule has 352 valence electrons. The fourth-order valence-corrected chi connectivity index (χ4v) is 11.6. The number of phenols is 2. The Balaban J connectivity index is 1.27. The molecule has 0 radical (unpaired) electrons. The van der Waals surface area contributed by atoms with Crippen molar-refractivity contribution in [3.8, 4) is 51.7 Å². The van der Waals surface area contributed by atoms with Crippen molar-refractivity contribution in [2.75, 3.05) is 52.4 Å². The second-order valence-corrected chi connectivity index (χ2v) is 18.6. The second kappa shape index (κ2) is 19.6. The zero-order valence-corrected chi connectivity index (χ0v) is 38.8. The van der Waals surface area contributed by atoms with E-state index in [1.165, 1.54) is 12.5 Å². The molecule has 0 amide bonds. The van der Waals surface area contributed by atoms with Crippen molar-refractivity contribution in [1.82, 2.24) is 16.0 Å². The smallest absolute Gasteiger partial charge is 0.302 e. The van der Waals surface area contributed by atoms with Crippen LogP contribution in [-0.2, 0) is 34.2 Å². The van der Waals surface area contributed by atoms with Crippen LogP contribution < -0.4 is 41.2 Å². The minimum absolute atomic E-state index is 0.0220. The molecule has 13 heteroatoms. The number of rotatable bonds is 15. The Labute approximate surface area is 393 Å². The Morgan fingerprint density at radius 3 is 2.63 bits per heavy atom. The van der Waals surface area contributed by atoms with E-state index < -0.39 is 36.4 Å². The van der Waals surface area contributed by atoms with Crippen molar-refractivity contribution < 1.29 is 39.1 Å². The topological polar surface area (TPSA) is 189 Å². The average Bonchev–Trinajstić information content (AvgIpc) is 3.89. The first-order valence-electron chi connectivity index (χ1n) is 23.7. The normalized spacial score (nSPS) is 23.1. The number of benzene rings is 4. The molecule has 0 saturated heterocycles. The summed E-state index contributed by atoms with van der Waals surface area (Å²) in [5.74, 6) is 7.96. The SMILES string of the molecule is CCNc1ccccc1CCC1C2=C(C#CCc3cc(O)c(OC(CNC)CNC)cc3C3Oc4c(ccc5c4C4(CCC1C4)Cc1cc(O)cc(OCO)c1-5)C3COC(C)=O)NC(N)C=C2. The highest BCUT2D eigenvalue weighted by atomic mass is 16.6. The molecule has 4 aromatic rings. The Hall–Kier alpha value is -6.17. The summed E-state index contributed by atoms with van der Waals surface area (Å²) >= 11 is 0. The molecule has 1 spiro atoms. The van der Waals surface area contributed by atoms with Crippen LogP contribution >= 0.6 is 0 Å². The van der Waals surface area contributed by atoms with Crippen LogP contribution in [0.25, 0.3) is 11.1 Å². The molecule has 6 atom stereocenters. The number of carbonyl (C=O) groups is 1.